The quantitative estimate of drug-likeness (QED) is 0.200. The zero-order valence-corrected chi connectivity index (χ0v) is 17.9. The first-order valence-corrected chi connectivity index (χ1v) is 13.0. The standard InChI is InChI=1S/C21H44S2/c1-3-4-5-6-7-8-9-10-11-12-13-14-15-16-17-18-19-23-21-20-22-2/h3-21H2,1-2H3. The number of thioether (sulfide) groups is 2. The molecule has 0 nitrogen and oxygen atoms in total. The van der Waals surface area contributed by atoms with Gasteiger partial charge in [-0.2, -0.15) is 23.5 Å². The van der Waals surface area contributed by atoms with Crippen LogP contribution in [0.4, 0.5) is 0 Å². The van der Waals surface area contributed by atoms with Crippen LogP contribution in [0.15, 0.2) is 0 Å². The molecule has 23 heavy (non-hydrogen) atoms. The van der Waals surface area contributed by atoms with Crippen LogP contribution in [0.3, 0.4) is 0 Å². The number of hydrogen-bond acceptors (Lipinski definition) is 2. The second-order valence-corrected chi connectivity index (χ2v) is 9.12. The fourth-order valence-electron chi connectivity index (χ4n) is 3.00. The van der Waals surface area contributed by atoms with Gasteiger partial charge in [0.2, 0.25) is 0 Å². The van der Waals surface area contributed by atoms with Gasteiger partial charge in [0, 0.05) is 11.5 Å². The monoisotopic (exact) mass is 360 g/mol. The van der Waals surface area contributed by atoms with Crippen molar-refractivity contribution in [3.63, 3.8) is 0 Å². The summed E-state index contributed by atoms with van der Waals surface area (Å²) in [5.74, 6) is 4.06. The van der Waals surface area contributed by atoms with E-state index in [2.05, 4.69) is 24.9 Å². The minimum Gasteiger partial charge on any atom is -0.165 e. The van der Waals surface area contributed by atoms with Gasteiger partial charge < -0.3 is 0 Å². The maximum Gasteiger partial charge on any atom is 0.00234 e. The maximum atomic E-state index is 2.30. The molecule has 0 heterocycles. The van der Waals surface area contributed by atoms with Crippen molar-refractivity contribution in [2.75, 3.05) is 23.5 Å². The molecular formula is C21H44S2. The van der Waals surface area contributed by atoms with E-state index in [1.807, 2.05) is 11.8 Å². The fraction of sp³-hybridized carbons (Fsp3) is 1.00. The van der Waals surface area contributed by atoms with E-state index in [-0.39, 0.29) is 0 Å². The van der Waals surface area contributed by atoms with Gasteiger partial charge in [0.25, 0.3) is 0 Å². The minimum atomic E-state index is 1.32. The highest BCUT2D eigenvalue weighted by Crippen LogP contribution is 2.14. The van der Waals surface area contributed by atoms with Crippen molar-refractivity contribution in [1.29, 1.82) is 0 Å². The fourth-order valence-corrected chi connectivity index (χ4v) is 4.75. The molecule has 140 valence electrons. The lowest BCUT2D eigenvalue weighted by Crippen LogP contribution is -1.87. The summed E-state index contributed by atoms with van der Waals surface area (Å²) in [6.45, 7) is 2.30. The molecule has 0 fully saturated rings. The summed E-state index contributed by atoms with van der Waals surface area (Å²) >= 11 is 4.11. The zero-order chi connectivity index (χ0) is 16.8. The SMILES string of the molecule is CCCCCCCCCCCCCCCCCCSCCSC. The highest BCUT2D eigenvalue weighted by Gasteiger charge is 1.95. The van der Waals surface area contributed by atoms with Crippen LogP contribution in [0.25, 0.3) is 0 Å². The van der Waals surface area contributed by atoms with Gasteiger partial charge in [0.1, 0.15) is 0 Å². The second kappa shape index (κ2) is 22.7. The molecule has 0 aliphatic heterocycles. The van der Waals surface area contributed by atoms with Gasteiger partial charge in [-0.05, 0) is 18.4 Å². The molecule has 0 aliphatic carbocycles. The summed E-state index contributed by atoms with van der Waals surface area (Å²) in [4.78, 5) is 0. The second-order valence-electron chi connectivity index (χ2n) is 6.91. The third-order valence-corrected chi connectivity index (χ3v) is 6.51. The molecule has 0 saturated heterocycles. The molecule has 0 amide bonds. The van der Waals surface area contributed by atoms with Gasteiger partial charge in [-0.25, -0.2) is 0 Å². The first-order valence-electron chi connectivity index (χ1n) is 10.5. The predicted molar refractivity (Wildman–Crippen MR) is 115 cm³/mol. The minimum absolute atomic E-state index is 1.32. The van der Waals surface area contributed by atoms with E-state index in [1.165, 1.54) is 120 Å². The smallest absolute Gasteiger partial charge is 0.00234 e. The predicted octanol–water partition coefficient (Wildman–Crippen LogP) is 8.34. The largest absolute Gasteiger partial charge is 0.165 e. The Labute approximate surface area is 156 Å². The zero-order valence-electron chi connectivity index (χ0n) is 16.3. The number of hydrogen-bond donors (Lipinski definition) is 0. The van der Waals surface area contributed by atoms with Gasteiger partial charge in [-0.3, -0.25) is 0 Å². The molecule has 0 rings (SSSR count). The summed E-state index contributed by atoms with van der Waals surface area (Å²) in [5.41, 5.74) is 0. The van der Waals surface area contributed by atoms with E-state index < -0.39 is 0 Å². The van der Waals surface area contributed by atoms with E-state index >= 15 is 0 Å². The van der Waals surface area contributed by atoms with Crippen LogP contribution in [-0.2, 0) is 0 Å². The molecule has 2 heteroatoms. The molecule has 0 radical (unpaired) electrons. The van der Waals surface area contributed by atoms with E-state index in [0.29, 0.717) is 0 Å². The van der Waals surface area contributed by atoms with Crippen LogP contribution in [-0.4, -0.2) is 23.5 Å². The molecule has 0 aromatic rings. The first kappa shape index (κ1) is 23.7. The van der Waals surface area contributed by atoms with E-state index in [4.69, 9.17) is 0 Å². The summed E-state index contributed by atoms with van der Waals surface area (Å²) < 4.78 is 0. The summed E-state index contributed by atoms with van der Waals surface area (Å²) in [6.07, 6.45) is 25.7. The number of unbranched alkanes of at least 4 members (excludes halogenated alkanes) is 15. The third-order valence-electron chi connectivity index (χ3n) is 4.57. The van der Waals surface area contributed by atoms with Gasteiger partial charge in [0.15, 0.2) is 0 Å². The van der Waals surface area contributed by atoms with Crippen molar-refractivity contribution in [2.45, 2.75) is 110 Å². The first-order chi connectivity index (χ1) is 11.4. The van der Waals surface area contributed by atoms with E-state index in [0.717, 1.165) is 0 Å². The third kappa shape index (κ3) is 22.7. The van der Waals surface area contributed by atoms with Gasteiger partial charge in [-0.1, -0.05) is 103 Å². The van der Waals surface area contributed by atoms with Crippen molar-refractivity contribution < 1.29 is 0 Å². The summed E-state index contributed by atoms with van der Waals surface area (Å²) in [5, 5.41) is 0. The molecule has 0 unspecified atom stereocenters. The summed E-state index contributed by atoms with van der Waals surface area (Å²) in [7, 11) is 0. The maximum absolute atomic E-state index is 2.30. The molecular weight excluding hydrogens is 316 g/mol. The van der Waals surface area contributed by atoms with Crippen molar-refractivity contribution in [2.24, 2.45) is 0 Å². The average molecular weight is 361 g/mol. The van der Waals surface area contributed by atoms with Crippen LogP contribution in [0.2, 0.25) is 0 Å². The Hall–Kier alpha value is 0.700. The lowest BCUT2D eigenvalue weighted by molar-refractivity contribution is 0.532. The van der Waals surface area contributed by atoms with Crippen LogP contribution >= 0.6 is 23.5 Å². The molecule has 0 aromatic heterocycles. The van der Waals surface area contributed by atoms with Gasteiger partial charge in [-0.15, -0.1) is 0 Å². The van der Waals surface area contributed by atoms with Gasteiger partial charge in [0.05, 0.1) is 0 Å². The lowest BCUT2D eigenvalue weighted by atomic mass is 10.0. The Morgan fingerprint density at radius 1 is 0.435 bits per heavy atom. The van der Waals surface area contributed by atoms with Crippen LogP contribution < -0.4 is 0 Å². The summed E-state index contributed by atoms with van der Waals surface area (Å²) in [6, 6.07) is 0. The Kier molecular flexibility index (Phi) is 23.4. The Morgan fingerprint density at radius 2 is 0.826 bits per heavy atom. The molecule has 0 aromatic carbocycles. The average Bonchev–Trinajstić information content (AvgIpc) is 2.57. The highest BCUT2D eigenvalue weighted by molar-refractivity contribution is 8.02. The van der Waals surface area contributed by atoms with Crippen molar-refractivity contribution >= 4 is 23.5 Å². The Bertz CT molecular complexity index is 174. The van der Waals surface area contributed by atoms with E-state index in [9.17, 15) is 0 Å². The molecule has 0 saturated carbocycles. The molecule has 0 spiro atoms. The van der Waals surface area contributed by atoms with Crippen molar-refractivity contribution in [3.05, 3.63) is 0 Å². The lowest BCUT2D eigenvalue weighted by Gasteiger charge is -2.04. The van der Waals surface area contributed by atoms with Crippen LogP contribution in [0.5, 0.6) is 0 Å². The van der Waals surface area contributed by atoms with Crippen molar-refractivity contribution in [1.82, 2.24) is 0 Å². The molecule has 0 atom stereocenters. The topological polar surface area (TPSA) is 0 Å². The number of rotatable bonds is 20. The van der Waals surface area contributed by atoms with Crippen LogP contribution in [0, 0.1) is 0 Å². The van der Waals surface area contributed by atoms with Crippen LogP contribution in [0.1, 0.15) is 110 Å². The normalized spacial score (nSPS) is 11.2. The van der Waals surface area contributed by atoms with Gasteiger partial charge >= 0.3 is 0 Å². The Balaban J connectivity index is 2.92. The Morgan fingerprint density at radius 3 is 1.22 bits per heavy atom. The molecule has 0 N–H and O–H groups in total. The highest BCUT2D eigenvalue weighted by atomic mass is 32.2. The molecule has 0 aliphatic rings. The van der Waals surface area contributed by atoms with Crippen molar-refractivity contribution in [3.8, 4) is 0 Å². The molecule has 0 bridgehead atoms. The van der Waals surface area contributed by atoms with E-state index in [1.54, 1.807) is 0 Å².